The largest absolute Gasteiger partial charge is 0.441 e. The third kappa shape index (κ3) is 2.26. The van der Waals surface area contributed by atoms with Gasteiger partial charge in [-0.05, 0) is 25.2 Å². The molecule has 5 heteroatoms. The average Bonchev–Trinajstić information content (AvgIpc) is 2.70. The minimum atomic E-state index is -0.275. The Morgan fingerprint density at radius 3 is 2.74 bits per heavy atom. The van der Waals surface area contributed by atoms with E-state index in [1.54, 1.807) is 11.0 Å². The number of likely N-dealkylation sites (tertiary alicyclic amines) is 1. The van der Waals surface area contributed by atoms with Crippen molar-refractivity contribution in [2.75, 3.05) is 37.3 Å². The Labute approximate surface area is 112 Å². The number of benzene rings is 1. The van der Waals surface area contributed by atoms with Crippen LogP contribution in [0.15, 0.2) is 24.3 Å². The Bertz CT molecular complexity index is 505. The first kappa shape index (κ1) is 12.3. The monoisotopic (exact) mass is 261 g/mol. The number of nitrogen functional groups attached to an aromatic ring is 1. The molecule has 2 aliphatic heterocycles. The van der Waals surface area contributed by atoms with E-state index in [1.165, 1.54) is 0 Å². The number of carbonyl (C=O) groups excluding carboxylic acids is 1. The van der Waals surface area contributed by atoms with E-state index in [0.29, 0.717) is 12.2 Å². The van der Waals surface area contributed by atoms with Crippen molar-refractivity contribution in [1.29, 1.82) is 0 Å². The first-order valence-corrected chi connectivity index (χ1v) is 6.63. The van der Waals surface area contributed by atoms with Gasteiger partial charge in [-0.1, -0.05) is 6.07 Å². The molecule has 102 valence electrons. The Morgan fingerprint density at radius 1 is 1.32 bits per heavy atom. The van der Waals surface area contributed by atoms with Gasteiger partial charge in [-0.25, -0.2) is 4.79 Å². The van der Waals surface area contributed by atoms with Crippen molar-refractivity contribution in [2.45, 2.75) is 18.4 Å². The lowest BCUT2D eigenvalue weighted by Gasteiger charge is -2.38. The second kappa shape index (κ2) is 4.42. The third-order valence-electron chi connectivity index (χ3n) is 4.00. The molecule has 2 heterocycles. The van der Waals surface area contributed by atoms with E-state index < -0.39 is 0 Å². The molecule has 0 bridgehead atoms. The summed E-state index contributed by atoms with van der Waals surface area (Å²) in [5.74, 6) is 0. The number of anilines is 2. The molecule has 2 N–H and O–H groups in total. The fourth-order valence-corrected chi connectivity index (χ4v) is 2.96. The smallest absolute Gasteiger partial charge is 0.414 e. The van der Waals surface area contributed by atoms with Crippen LogP contribution in [-0.2, 0) is 4.74 Å². The van der Waals surface area contributed by atoms with Crippen LogP contribution in [0.25, 0.3) is 0 Å². The molecule has 1 aromatic rings. The maximum absolute atomic E-state index is 12.2. The lowest BCUT2D eigenvalue weighted by Crippen LogP contribution is -2.50. The Morgan fingerprint density at radius 2 is 2.11 bits per heavy atom. The van der Waals surface area contributed by atoms with Crippen LogP contribution in [0.4, 0.5) is 16.2 Å². The van der Waals surface area contributed by atoms with E-state index in [9.17, 15) is 4.79 Å². The maximum Gasteiger partial charge on any atom is 0.414 e. The van der Waals surface area contributed by atoms with Gasteiger partial charge in [0.1, 0.15) is 5.60 Å². The summed E-state index contributed by atoms with van der Waals surface area (Å²) in [5.41, 5.74) is 6.95. The van der Waals surface area contributed by atoms with Crippen LogP contribution in [0.1, 0.15) is 12.8 Å². The minimum Gasteiger partial charge on any atom is -0.441 e. The van der Waals surface area contributed by atoms with Crippen LogP contribution < -0.4 is 10.6 Å². The van der Waals surface area contributed by atoms with E-state index in [-0.39, 0.29) is 11.7 Å². The SMILES string of the molecule is CN1CCC2(CCN(c3cccc(N)c3)C(=O)O2)C1. The summed E-state index contributed by atoms with van der Waals surface area (Å²) in [7, 11) is 2.06. The van der Waals surface area contributed by atoms with Crippen LogP contribution in [-0.4, -0.2) is 43.3 Å². The van der Waals surface area contributed by atoms with Crippen molar-refractivity contribution >= 4 is 17.5 Å². The molecule has 1 aromatic carbocycles. The van der Waals surface area contributed by atoms with Gasteiger partial charge in [0.15, 0.2) is 0 Å². The van der Waals surface area contributed by atoms with E-state index in [4.69, 9.17) is 10.5 Å². The fraction of sp³-hybridized carbons (Fsp3) is 0.500. The second-order valence-electron chi connectivity index (χ2n) is 5.54. The van der Waals surface area contributed by atoms with Gasteiger partial charge in [-0.15, -0.1) is 0 Å². The van der Waals surface area contributed by atoms with Crippen LogP contribution in [0, 0.1) is 0 Å². The number of nitrogens with zero attached hydrogens (tertiary/aromatic N) is 2. The number of hydrogen-bond acceptors (Lipinski definition) is 4. The lowest BCUT2D eigenvalue weighted by atomic mass is 9.96. The van der Waals surface area contributed by atoms with Gasteiger partial charge in [0.05, 0.1) is 0 Å². The first-order chi connectivity index (χ1) is 9.08. The summed E-state index contributed by atoms with van der Waals surface area (Å²) in [4.78, 5) is 16.1. The second-order valence-corrected chi connectivity index (χ2v) is 5.54. The summed E-state index contributed by atoms with van der Waals surface area (Å²) in [6, 6.07) is 7.36. The van der Waals surface area contributed by atoms with Gasteiger partial charge in [0.2, 0.25) is 0 Å². The molecule has 2 fully saturated rings. The molecule has 5 nitrogen and oxygen atoms in total. The van der Waals surface area contributed by atoms with E-state index >= 15 is 0 Å². The van der Waals surface area contributed by atoms with Crippen molar-refractivity contribution in [1.82, 2.24) is 4.90 Å². The zero-order valence-corrected chi connectivity index (χ0v) is 11.1. The highest BCUT2D eigenvalue weighted by atomic mass is 16.6. The molecule has 1 unspecified atom stereocenters. The predicted molar refractivity (Wildman–Crippen MR) is 74.1 cm³/mol. The lowest BCUT2D eigenvalue weighted by molar-refractivity contribution is 0.00435. The predicted octanol–water partition coefficient (Wildman–Crippen LogP) is 1.69. The van der Waals surface area contributed by atoms with E-state index in [1.807, 2.05) is 18.2 Å². The molecule has 19 heavy (non-hydrogen) atoms. The van der Waals surface area contributed by atoms with Gasteiger partial charge >= 0.3 is 6.09 Å². The van der Waals surface area contributed by atoms with E-state index in [2.05, 4.69) is 11.9 Å². The highest BCUT2D eigenvalue weighted by molar-refractivity contribution is 5.89. The summed E-state index contributed by atoms with van der Waals surface area (Å²) in [5, 5.41) is 0. The Kier molecular flexibility index (Phi) is 2.86. The molecular formula is C14H19N3O2. The summed E-state index contributed by atoms with van der Waals surface area (Å²) < 4.78 is 5.72. The molecule has 1 atom stereocenters. The molecule has 0 saturated carbocycles. The van der Waals surface area contributed by atoms with Crippen molar-refractivity contribution in [2.24, 2.45) is 0 Å². The molecule has 0 radical (unpaired) electrons. The van der Waals surface area contributed by atoms with Crippen molar-refractivity contribution < 1.29 is 9.53 Å². The number of nitrogens with two attached hydrogens (primary N) is 1. The first-order valence-electron chi connectivity index (χ1n) is 6.63. The standard InChI is InChI=1S/C14H19N3O2/c1-16-7-5-14(10-16)6-8-17(13(18)19-14)12-4-2-3-11(15)9-12/h2-4,9H,5-8,10,15H2,1H3. The fourth-order valence-electron chi connectivity index (χ4n) is 2.96. The topological polar surface area (TPSA) is 58.8 Å². The van der Waals surface area contributed by atoms with Crippen LogP contribution in [0.5, 0.6) is 0 Å². The molecule has 3 rings (SSSR count). The summed E-state index contributed by atoms with van der Waals surface area (Å²) >= 11 is 0. The van der Waals surface area contributed by atoms with E-state index in [0.717, 1.165) is 31.6 Å². The zero-order valence-electron chi connectivity index (χ0n) is 11.1. The molecule has 1 amide bonds. The van der Waals surface area contributed by atoms with Crippen molar-refractivity contribution in [3.8, 4) is 0 Å². The molecule has 2 saturated heterocycles. The number of hydrogen-bond donors (Lipinski definition) is 1. The van der Waals surface area contributed by atoms with Gasteiger partial charge in [0, 0.05) is 43.9 Å². The average molecular weight is 261 g/mol. The normalized spacial score (nSPS) is 27.8. The number of amides is 1. The van der Waals surface area contributed by atoms with Crippen LogP contribution in [0.3, 0.4) is 0 Å². The molecule has 0 aliphatic carbocycles. The molecule has 0 aromatic heterocycles. The Hall–Kier alpha value is -1.75. The molecule has 2 aliphatic rings. The number of rotatable bonds is 1. The van der Waals surface area contributed by atoms with Gasteiger partial charge in [-0.2, -0.15) is 0 Å². The van der Waals surface area contributed by atoms with Gasteiger partial charge in [-0.3, -0.25) is 4.90 Å². The third-order valence-corrected chi connectivity index (χ3v) is 4.00. The number of carbonyl (C=O) groups is 1. The molecular weight excluding hydrogens is 242 g/mol. The van der Waals surface area contributed by atoms with Crippen LogP contribution in [0.2, 0.25) is 0 Å². The van der Waals surface area contributed by atoms with Crippen molar-refractivity contribution in [3.05, 3.63) is 24.3 Å². The minimum absolute atomic E-state index is 0.257. The van der Waals surface area contributed by atoms with Crippen LogP contribution >= 0.6 is 0 Å². The van der Waals surface area contributed by atoms with Crippen molar-refractivity contribution in [3.63, 3.8) is 0 Å². The van der Waals surface area contributed by atoms with Gasteiger partial charge in [0.25, 0.3) is 0 Å². The maximum atomic E-state index is 12.2. The Balaban J connectivity index is 1.77. The quantitative estimate of drug-likeness (QED) is 0.782. The zero-order chi connectivity index (χ0) is 13.5. The van der Waals surface area contributed by atoms with Gasteiger partial charge < -0.3 is 15.4 Å². The highest BCUT2D eigenvalue weighted by Gasteiger charge is 2.45. The molecule has 1 spiro atoms. The number of likely N-dealkylation sites (N-methyl/N-ethyl adjacent to an activating group) is 1. The summed E-state index contributed by atoms with van der Waals surface area (Å²) in [6.45, 7) is 2.52. The summed E-state index contributed by atoms with van der Waals surface area (Å²) in [6.07, 6.45) is 1.55. The highest BCUT2D eigenvalue weighted by Crippen LogP contribution is 2.34. The number of ether oxygens (including phenoxy) is 1.